The first kappa shape index (κ1) is 11.8. The molecule has 3 N–H and O–H groups in total. The highest BCUT2D eigenvalue weighted by Crippen LogP contribution is 2.38. The largest absolute Gasteiger partial charge is 0.488 e. The number of para-hydroxylation sites is 1. The lowest BCUT2D eigenvalue weighted by Gasteiger charge is -2.24. The van der Waals surface area contributed by atoms with Crippen molar-refractivity contribution in [1.29, 1.82) is 0 Å². The molecule has 104 valence electrons. The lowest BCUT2D eigenvalue weighted by atomic mass is 10.0. The van der Waals surface area contributed by atoms with Crippen LogP contribution < -0.4 is 15.4 Å². The van der Waals surface area contributed by atoms with Crippen LogP contribution in [-0.4, -0.2) is 29.3 Å². The maximum atomic E-state index is 5.83. The number of anilines is 1. The number of rotatable bonds is 2. The summed E-state index contributed by atoms with van der Waals surface area (Å²) in [7, 11) is 0. The van der Waals surface area contributed by atoms with Gasteiger partial charge in [-0.25, -0.2) is 0 Å². The summed E-state index contributed by atoms with van der Waals surface area (Å²) in [5.74, 6) is 1.87. The van der Waals surface area contributed by atoms with E-state index in [4.69, 9.17) is 4.74 Å². The normalized spacial score (nSPS) is 18.0. The third-order valence-corrected chi connectivity index (χ3v) is 4.08. The van der Waals surface area contributed by atoms with Crippen LogP contribution in [0.3, 0.4) is 0 Å². The molecular weight excluding hydrogens is 252 g/mol. The predicted octanol–water partition coefficient (Wildman–Crippen LogP) is 2.13. The molecule has 20 heavy (non-hydrogen) atoms. The SMILES string of the molecule is c1ccc2c(c1)OCc1c(NC3CCNCC3)n[nH]c1-2. The Labute approximate surface area is 117 Å². The number of nitrogens with zero attached hydrogens (tertiary/aromatic N) is 1. The number of hydrogen-bond donors (Lipinski definition) is 3. The molecule has 1 fully saturated rings. The molecule has 0 radical (unpaired) electrons. The number of benzene rings is 1. The van der Waals surface area contributed by atoms with Gasteiger partial charge in [0.15, 0.2) is 5.82 Å². The standard InChI is InChI=1S/C15H18N4O/c1-2-4-13-11(3-1)14-12(9-20-13)15(19-18-14)17-10-5-7-16-8-6-10/h1-4,10,16H,5-9H2,(H2,17,18,19). The summed E-state index contributed by atoms with van der Waals surface area (Å²) in [6.07, 6.45) is 2.28. The van der Waals surface area contributed by atoms with E-state index in [9.17, 15) is 0 Å². The van der Waals surface area contributed by atoms with Crippen molar-refractivity contribution < 1.29 is 4.74 Å². The Morgan fingerprint density at radius 3 is 2.95 bits per heavy atom. The van der Waals surface area contributed by atoms with Crippen LogP contribution in [0.25, 0.3) is 11.3 Å². The van der Waals surface area contributed by atoms with Gasteiger partial charge >= 0.3 is 0 Å². The van der Waals surface area contributed by atoms with Crippen LogP contribution >= 0.6 is 0 Å². The van der Waals surface area contributed by atoms with Gasteiger partial charge in [-0.2, -0.15) is 5.10 Å². The second kappa shape index (κ2) is 4.83. The quantitative estimate of drug-likeness (QED) is 0.782. The van der Waals surface area contributed by atoms with Gasteiger partial charge in [0.25, 0.3) is 0 Å². The molecule has 2 aromatic rings. The van der Waals surface area contributed by atoms with Crippen molar-refractivity contribution in [2.45, 2.75) is 25.5 Å². The van der Waals surface area contributed by atoms with Gasteiger partial charge in [0.2, 0.25) is 0 Å². The van der Waals surface area contributed by atoms with Gasteiger partial charge in [0.05, 0.1) is 11.3 Å². The first-order chi connectivity index (χ1) is 9.92. The van der Waals surface area contributed by atoms with Crippen molar-refractivity contribution in [2.24, 2.45) is 0 Å². The summed E-state index contributed by atoms with van der Waals surface area (Å²) in [6, 6.07) is 8.59. The fourth-order valence-corrected chi connectivity index (χ4v) is 2.96. The number of aromatic amines is 1. The van der Waals surface area contributed by atoms with Gasteiger partial charge in [0, 0.05) is 11.6 Å². The van der Waals surface area contributed by atoms with E-state index in [1.54, 1.807) is 0 Å². The van der Waals surface area contributed by atoms with Crippen molar-refractivity contribution in [1.82, 2.24) is 15.5 Å². The molecule has 0 saturated carbocycles. The van der Waals surface area contributed by atoms with Gasteiger partial charge in [-0.15, -0.1) is 0 Å². The lowest BCUT2D eigenvalue weighted by molar-refractivity contribution is 0.302. The Morgan fingerprint density at radius 2 is 2.05 bits per heavy atom. The molecule has 5 nitrogen and oxygen atoms in total. The molecule has 3 heterocycles. The predicted molar refractivity (Wildman–Crippen MR) is 77.9 cm³/mol. The van der Waals surface area contributed by atoms with Crippen LogP contribution in [0.2, 0.25) is 0 Å². The summed E-state index contributed by atoms with van der Waals surface area (Å²) in [5, 5.41) is 14.6. The highest BCUT2D eigenvalue weighted by molar-refractivity contribution is 5.75. The molecule has 1 saturated heterocycles. The van der Waals surface area contributed by atoms with Gasteiger partial charge in [-0.3, -0.25) is 5.10 Å². The summed E-state index contributed by atoms with van der Waals surface area (Å²) < 4.78 is 5.83. The summed E-state index contributed by atoms with van der Waals surface area (Å²) in [6.45, 7) is 2.73. The number of aromatic nitrogens is 2. The average Bonchev–Trinajstić information content (AvgIpc) is 2.92. The van der Waals surface area contributed by atoms with Crippen LogP contribution in [0.1, 0.15) is 18.4 Å². The topological polar surface area (TPSA) is 62.0 Å². The second-order valence-electron chi connectivity index (χ2n) is 5.38. The number of piperidine rings is 1. The van der Waals surface area contributed by atoms with Gasteiger partial charge in [0.1, 0.15) is 12.4 Å². The van der Waals surface area contributed by atoms with Crippen molar-refractivity contribution >= 4 is 5.82 Å². The first-order valence-corrected chi connectivity index (χ1v) is 7.18. The number of hydrogen-bond acceptors (Lipinski definition) is 4. The second-order valence-corrected chi connectivity index (χ2v) is 5.38. The molecule has 0 spiro atoms. The number of fused-ring (bicyclic) bond motifs is 3. The number of nitrogens with one attached hydrogen (secondary N) is 3. The van der Waals surface area contributed by atoms with Gasteiger partial charge < -0.3 is 15.4 Å². The van der Waals surface area contributed by atoms with Crippen molar-refractivity contribution in [3.8, 4) is 17.0 Å². The Hall–Kier alpha value is -2.01. The van der Waals surface area contributed by atoms with E-state index in [2.05, 4.69) is 26.9 Å². The average molecular weight is 270 g/mol. The molecule has 2 aliphatic rings. The third kappa shape index (κ3) is 1.94. The third-order valence-electron chi connectivity index (χ3n) is 4.08. The smallest absolute Gasteiger partial charge is 0.155 e. The molecule has 5 heteroatoms. The van der Waals surface area contributed by atoms with E-state index in [-0.39, 0.29) is 0 Å². The van der Waals surface area contributed by atoms with Crippen molar-refractivity contribution in [3.63, 3.8) is 0 Å². The van der Waals surface area contributed by atoms with E-state index < -0.39 is 0 Å². The zero-order chi connectivity index (χ0) is 13.4. The molecule has 0 atom stereocenters. The van der Waals surface area contributed by atoms with Crippen LogP contribution in [-0.2, 0) is 6.61 Å². The molecule has 0 aliphatic carbocycles. The first-order valence-electron chi connectivity index (χ1n) is 7.18. The number of H-pyrrole nitrogens is 1. The van der Waals surface area contributed by atoms with Crippen LogP contribution in [0.5, 0.6) is 5.75 Å². The van der Waals surface area contributed by atoms with E-state index in [0.717, 1.165) is 54.3 Å². The molecule has 1 aromatic carbocycles. The summed E-state index contributed by atoms with van der Waals surface area (Å²) in [4.78, 5) is 0. The molecule has 1 aromatic heterocycles. The fraction of sp³-hybridized carbons (Fsp3) is 0.400. The molecular formula is C15H18N4O. The zero-order valence-corrected chi connectivity index (χ0v) is 11.3. The highest BCUT2D eigenvalue weighted by atomic mass is 16.5. The minimum absolute atomic E-state index is 0.501. The monoisotopic (exact) mass is 270 g/mol. The zero-order valence-electron chi connectivity index (χ0n) is 11.3. The Bertz CT molecular complexity index is 616. The summed E-state index contributed by atoms with van der Waals surface area (Å²) >= 11 is 0. The number of ether oxygens (including phenoxy) is 1. The maximum Gasteiger partial charge on any atom is 0.155 e. The van der Waals surface area contributed by atoms with E-state index >= 15 is 0 Å². The minimum Gasteiger partial charge on any atom is -0.488 e. The van der Waals surface area contributed by atoms with Crippen LogP contribution in [0.15, 0.2) is 24.3 Å². The van der Waals surface area contributed by atoms with E-state index in [1.807, 2.05) is 18.2 Å². The summed E-state index contributed by atoms with van der Waals surface area (Å²) in [5.41, 5.74) is 3.32. The highest BCUT2D eigenvalue weighted by Gasteiger charge is 2.24. The van der Waals surface area contributed by atoms with Crippen LogP contribution in [0.4, 0.5) is 5.82 Å². The van der Waals surface area contributed by atoms with Gasteiger partial charge in [-0.1, -0.05) is 12.1 Å². The molecule has 4 rings (SSSR count). The van der Waals surface area contributed by atoms with Crippen molar-refractivity contribution in [3.05, 3.63) is 29.8 Å². The molecule has 0 amide bonds. The Kier molecular flexibility index (Phi) is 2.85. The van der Waals surface area contributed by atoms with Crippen molar-refractivity contribution in [2.75, 3.05) is 18.4 Å². The Morgan fingerprint density at radius 1 is 1.20 bits per heavy atom. The molecule has 0 bridgehead atoms. The molecule has 2 aliphatic heterocycles. The fourth-order valence-electron chi connectivity index (χ4n) is 2.96. The Balaban J connectivity index is 1.63. The van der Waals surface area contributed by atoms with Gasteiger partial charge in [-0.05, 0) is 38.1 Å². The van der Waals surface area contributed by atoms with Crippen LogP contribution in [0, 0.1) is 0 Å². The maximum absolute atomic E-state index is 5.83. The van der Waals surface area contributed by atoms with E-state index in [1.165, 1.54) is 0 Å². The lowest BCUT2D eigenvalue weighted by Crippen LogP contribution is -2.35. The minimum atomic E-state index is 0.501. The van der Waals surface area contributed by atoms with E-state index in [0.29, 0.717) is 12.6 Å². The molecule has 0 unspecified atom stereocenters.